The highest BCUT2D eigenvalue weighted by Gasteiger charge is 2.12. The zero-order valence-electron chi connectivity index (χ0n) is 12.1. The third-order valence-corrected chi connectivity index (χ3v) is 4.86. The molecule has 0 aliphatic heterocycles. The van der Waals surface area contributed by atoms with Crippen LogP contribution in [-0.2, 0) is 0 Å². The second kappa shape index (κ2) is 5.86. The minimum Gasteiger partial charge on any atom is -0.375 e. The lowest BCUT2D eigenvalue weighted by Crippen LogP contribution is -1.93. The first kappa shape index (κ1) is 14.7. The van der Waals surface area contributed by atoms with Crippen LogP contribution in [0.4, 0.5) is 16.0 Å². The number of hydrogen-bond donors (Lipinski definition) is 2. The number of rotatable bonds is 4. The molecule has 1 aromatic carbocycles. The van der Waals surface area contributed by atoms with Gasteiger partial charge in [-0.05, 0) is 38.1 Å². The summed E-state index contributed by atoms with van der Waals surface area (Å²) in [5.74, 6) is 0.0568. The van der Waals surface area contributed by atoms with Gasteiger partial charge in [-0.2, -0.15) is 0 Å². The zero-order chi connectivity index (χ0) is 15.7. The molecule has 0 aliphatic carbocycles. The van der Waals surface area contributed by atoms with E-state index in [4.69, 9.17) is 5.73 Å². The molecule has 112 valence electrons. The Bertz CT molecular complexity index is 820. The number of nitrogen functional groups attached to an aromatic ring is 1. The van der Waals surface area contributed by atoms with Gasteiger partial charge in [0.2, 0.25) is 0 Å². The number of Topliss-reactive ketones (excluding diaryl/α,β-unsaturated/α-hetero) is 1. The second-order valence-electron chi connectivity index (χ2n) is 4.76. The molecule has 2 heterocycles. The van der Waals surface area contributed by atoms with Crippen molar-refractivity contribution in [1.82, 2.24) is 9.97 Å². The van der Waals surface area contributed by atoms with Crippen molar-refractivity contribution in [2.45, 2.75) is 13.8 Å². The third-order valence-electron chi connectivity index (χ3n) is 3.09. The SMILES string of the molecule is CC(=O)c1ccc(Nc2nc(-c3sc(N)nc3C)cs2)cc1. The molecule has 2 aromatic heterocycles. The molecule has 0 fully saturated rings. The highest BCUT2D eigenvalue weighted by Crippen LogP contribution is 2.34. The number of carbonyl (C=O) groups is 1. The molecule has 0 saturated carbocycles. The van der Waals surface area contributed by atoms with Crippen LogP contribution in [-0.4, -0.2) is 15.8 Å². The van der Waals surface area contributed by atoms with E-state index in [0.29, 0.717) is 10.7 Å². The lowest BCUT2D eigenvalue weighted by molar-refractivity contribution is 0.101. The molecule has 0 amide bonds. The zero-order valence-corrected chi connectivity index (χ0v) is 13.7. The van der Waals surface area contributed by atoms with Crippen molar-refractivity contribution in [1.29, 1.82) is 0 Å². The predicted octanol–water partition coefficient (Wildman–Crippen LogP) is 4.10. The van der Waals surface area contributed by atoms with Crippen molar-refractivity contribution >= 4 is 44.4 Å². The van der Waals surface area contributed by atoms with Crippen LogP contribution in [0.15, 0.2) is 29.6 Å². The van der Waals surface area contributed by atoms with E-state index in [1.54, 1.807) is 19.1 Å². The lowest BCUT2D eigenvalue weighted by atomic mass is 10.1. The largest absolute Gasteiger partial charge is 0.375 e. The maximum Gasteiger partial charge on any atom is 0.187 e. The Morgan fingerprint density at radius 1 is 1.23 bits per heavy atom. The Morgan fingerprint density at radius 2 is 1.95 bits per heavy atom. The summed E-state index contributed by atoms with van der Waals surface area (Å²) in [5.41, 5.74) is 9.08. The van der Waals surface area contributed by atoms with Gasteiger partial charge in [0, 0.05) is 16.6 Å². The standard InChI is InChI=1S/C15H14N4OS2/c1-8-13(22-14(16)17-8)12-7-21-15(19-12)18-11-5-3-10(4-6-11)9(2)20/h3-7H,1-2H3,(H2,16,17)(H,18,19). The molecular weight excluding hydrogens is 316 g/mol. The number of benzene rings is 1. The van der Waals surface area contributed by atoms with Crippen LogP contribution in [0, 0.1) is 6.92 Å². The molecule has 5 nitrogen and oxygen atoms in total. The van der Waals surface area contributed by atoms with Crippen molar-refractivity contribution in [3.8, 4) is 10.6 Å². The Morgan fingerprint density at radius 3 is 2.55 bits per heavy atom. The predicted molar refractivity (Wildman–Crippen MR) is 92.1 cm³/mol. The van der Waals surface area contributed by atoms with Gasteiger partial charge in [-0.1, -0.05) is 11.3 Å². The van der Waals surface area contributed by atoms with E-state index >= 15 is 0 Å². The molecule has 0 unspecified atom stereocenters. The van der Waals surface area contributed by atoms with Gasteiger partial charge in [-0.15, -0.1) is 11.3 Å². The summed E-state index contributed by atoms with van der Waals surface area (Å²) >= 11 is 2.95. The van der Waals surface area contributed by atoms with Crippen LogP contribution in [0.2, 0.25) is 0 Å². The fourth-order valence-electron chi connectivity index (χ4n) is 2.00. The van der Waals surface area contributed by atoms with E-state index in [2.05, 4.69) is 15.3 Å². The molecule has 3 N–H and O–H groups in total. The van der Waals surface area contributed by atoms with Gasteiger partial charge in [0.25, 0.3) is 0 Å². The summed E-state index contributed by atoms with van der Waals surface area (Å²) in [6.07, 6.45) is 0. The van der Waals surface area contributed by atoms with E-state index in [-0.39, 0.29) is 5.78 Å². The second-order valence-corrected chi connectivity index (χ2v) is 6.65. The molecular formula is C15H14N4OS2. The monoisotopic (exact) mass is 330 g/mol. The number of thiazole rings is 2. The lowest BCUT2D eigenvalue weighted by Gasteiger charge is -2.03. The Labute approximate surface area is 135 Å². The number of nitrogens with two attached hydrogens (primary N) is 1. The van der Waals surface area contributed by atoms with Crippen molar-refractivity contribution in [3.63, 3.8) is 0 Å². The summed E-state index contributed by atoms with van der Waals surface area (Å²) in [6.45, 7) is 3.48. The maximum atomic E-state index is 11.3. The Hall–Kier alpha value is -2.25. The molecule has 3 aromatic rings. The molecule has 0 aliphatic rings. The fraction of sp³-hybridized carbons (Fsp3) is 0.133. The molecule has 3 rings (SSSR count). The molecule has 0 bridgehead atoms. The molecule has 0 atom stereocenters. The van der Waals surface area contributed by atoms with E-state index in [9.17, 15) is 4.79 Å². The number of nitrogens with one attached hydrogen (secondary N) is 1. The molecule has 0 spiro atoms. The molecule has 0 radical (unpaired) electrons. The van der Waals surface area contributed by atoms with Gasteiger partial charge in [0.1, 0.15) is 0 Å². The van der Waals surface area contributed by atoms with Crippen LogP contribution in [0.3, 0.4) is 0 Å². The fourth-order valence-corrected chi connectivity index (χ4v) is 3.59. The normalized spacial score (nSPS) is 10.6. The third kappa shape index (κ3) is 3.00. The first-order chi connectivity index (χ1) is 10.5. The summed E-state index contributed by atoms with van der Waals surface area (Å²) in [5, 5.41) is 6.55. The number of hydrogen-bond acceptors (Lipinski definition) is 7. The minimum absolute atomic E-state index is 0.0568. The molecule has 22 heavy (non-hydrogen) atoms. The van der Waals surface area contributed by atoms with Gasteiger partial charge in [-0.3, -0.25) is 4.79 Å². The van der Waals surface area contributed by atoms with Crippen LogP contribution in [0.5, 0.6) is 0 Å². The highest BCUT2D eigenvalue weighted by molar-refractivity contribution is 7.19. The summed E-state index contributed by atoms with van der Waals surface area (Å²) in [4.78, 5) is 21.0. The minimum atomic E-state index is 0.0568. The smallest absolute Gasteiger partial charge is 0.187 e. The summed E-state index contributed by atoms with van der Waals surface area (Å²) in [7, 11) is 0. The molecule has 0 saturated heterocycles. The summed E-state index contributed by atoms with van der Waals surface area (Å²) in [6, 6.07) is 7.34. The Balaban J connectivity index is 1.79. The van der Waals surface area contributed by atoms with Gasteiger partial charge in [0.15, 0.2) is 16.0 Å². The van der Waals surface area contributed by atoms with Crippen LogP contribution < -0.4 is 11.1 Å². The van der Waals surface area contributed by atoms with Crippen molar-refractivity contribution in [2.24, 2.45) is 0 Å². The number of aryl methyl sites for hydroxylation is 1. The summed E-state index contributed by atoms with van der Waals surface area (Å²) < 4.78 is 0. The van der Waals surface area contributed by atoms with E-state index in [1.165, 1.54) is 22.7 Å². The first-order valence-electron chi connectivity index (χ1n) is 6.60. The number of carbonyl (C=O) groups excluding carboxylic acids is 1. The maximum absolute atomic E-state index is 11.3. The van der Waals surface area contributed by atoms with Crippen LogP contribution in [0.1, 0.15) is 23.0 Å². The average molecular weight is 330 g/mol. The molecule has 7 heteroatoms. The van der Waals surface area contributed by atoms with Gasteiger partial charge < -0.3 is 11.1 Å². The number of anilines is 3. The van der Waals surface area contributed by atoms with Crippen molar-refractivity contribution < 1.29 is 4.79 Å². The van der Waals surface area contributed by atoms with Crippen LogP contribution in [0.25, 0.3) is 10.6 Å². The Kier molecular flexibility index (Phi) is 3.91. The van der Waals surface area contributed by atoms with Gasteiger partial charge in [-0.25, -0.2) is 9.97 Å². The highest BCUT2D eigenvalue weighted by atomic mass is 32.1. The van der Waals surface area contributed by atoms with E-state index < -0.39 is 0 Å². The quantitative estimate of drug-likeness (QED) is 0.704. The van der Waals surface area contributed by atoms with E-state index in [1.807, 2.05) is 24.4 Å². The number of aromatic nitrogens is 2. The number of nitrogens with zero attached hydrogens (tertiary/aromatic N) is 2. The van der Waals surface area contributed by atoms with Crippen molar-refractivity contribution in [3.05, 3.63) is 40.9 Å². The van der Waals surface area contributed by atoms with Crippen molar-refractivity contribution in [2.75, 3.05) is 11.1 Å². The van der Waals surface area contributed by atoms with Gasteiger partial charge >= 0.3 is 0 Å². The number of ketones is 1. The topological polar surface area (TPSA) is 80.9 Å². The van der Waals surface area contributed by atoms with Crippen LogP contribution >= 0.6 is 22.7 Å². The van der Waals surface area contributed by atoms with E-state index in [0.717, 1.165) is 27.1 Å². The average Bonchev–Trinajstić information content (AvgIpc) is 3.06. The van der Waals surface area contributed by atoms with Gasteiger partial charge in [0.05, 0.1) is 16.3 Å². The first-order valence-corrected chi connectivity index (χ1v) is 8.29.